The van der Waals surface area contributed by atoms with E-state index in [0.29, 0.717) is 50.3 Å². The van der Waals surface area contributed by atoms with Gasteiger partial charge in [-0.1, -0.05) is 79.3 Å². The van der Waals surface area contributed by atoms with Crippen LogP contribution in [0.4, 0.5) is 0 Å². The standard InChI is InChI=1S/C24H28Cl4N2O2S/c1-4-22(24(32)29-11-15(2)3)30(12-16-18(25)7-5-8-19(16)26)23(31)14-33-13-17-20(27)9-6-10-21(17)28/h5-10,15,22H,4,11-14H2,1-3H3,(H,29,32)/t22-/m0/s1. The summed E-state index contributed by atoms with van der Waals surface area (Å²) in [6, 6.07) is 9.86. The minimum absolute atomic E-state index is 0.137. The summed E-state index contributed by atoms with van der Waals surface area (Å²) in [6.45, 7) is 6.58. The van der Waals surface area contributed by atoms with Gasteiger partial charge in [0.1, 0.15) is 6.04 Å². The van der Waals surface area contributed by atoms with Gasteiger partial charge in [-0.05, 0) is 42.2 Å². The Hall–Kier alpha value is -1.11. The van der Waals surface area contributed by atoms with Crippen LogP contribution in [0.15, 0.2) is 36.4 Å². The normalized spacial score (nSPS) is 12.0. The second-order valence-electron chi connectivity index (χ2n) is 7.98. The molecule has 2 amide bonds. The summed E-state index contributed by atoms with van der Waals surface area (Å²) in [4.78, 5) is 27.9. The van der Waals surface area contributed by atoms with Gasteiger partial charge in [0.2, 0.25) is 11.8 Å². The lowest BCUT2D eigenvalue weighted by atomic mass is 10.1. The van der Waals surface area contributed by atoms with Crippen molar-refractivity contribution in [2.45, 2.75) is 45.5 Å². The Morgan fingerprint density at radius 2 is 1.45 bits per heavy atom. The van der Waals surface area contributed by atoms with E-state index in [-0.39, 0.29) is 24.1 Å². The van der Waals surface area contributed by atoms with Crippen molar-refractivity contribution in [3.05, 3.63) is 67.6 Å². The zero-order chi connectivity index (χ0) is 24.5. The molecule has 0 heterocycles. The smallest absolute Gasteiger partial charge is 0.242 e. The Kier molecular flexibility index (Phi) is 11.7. The fraction of sp³-hybridized carbons (Fsp3) is 0.417. The van der Waals surface area contributed by atoms with E-state index in [4.69, 9.17) is 46.4 Å². The molecule has 2 aromatic carbocycles. The maximum Gasteiger partial charge on any atom is 0.242 e. The Balaban J connectivity index is 2.22. The van der Waals surface area contributed by atoms with Crippen LogP contribution in [-0.4, -0.2) is 35.1 Å². The van der Waals surface area contributed by atoms with E-state index in [1.54, 1.807) is 41.3 Å². The molecule has 0 saturated heterocycles. The highest BCUT2D eigenvalue weighted by molar-refractivity contribution is 7.99. The Labute approximate surface area is 220 Å². The third-order valence-corrected chi connectivity index (χ3v) is 7.35. The summed E-state index contributed by atoms with van der Waals surface area (Å²) >= 11 is 26.6. The maximum atomic E-state index is 13.3. The molecule has 4 nitrogen and oxygen atoms in total. The SMILES string of the molecule is CC[C@@H](C(=O)NCC(C)C)N(Cc1c(Cl)cccc1Cl)C(=O)CSCc1c(Cl)cccc1Cl. The van der Waals surface area contributed by atoms with Gasteiger partial charge in [-0.2, -0.15) is 0 Å². The van der Waals surface area contributed by atoms with Crippen LogP contribution in [0.3, 0.4) is 0 Å². The lowest BCUT2D eigenvalue weighted by molar-refractivity contribution is -0.139. The fourth-order valence-corrected chi connectivity index (χ4v) is 5.35. The summed E-state index contributed by atoms with van der Waals surface area (Å²) < 4.78 is 0. The number of benzene rings is 2. The molecule has 1 N–H and O–H groups in total. The number of amides is 2. The first-order chi connectivity index (χ1) is 15.6. The van der Waals surface area contributed by atoms with E-state index in [1.807, 2.05) is 20.8 Å². The van der Waals surface area contributed by atoms with E-state index < -0.39 is 6.04 Å². The average Bonchev–Trinajstić information content (AvgIpc) is 2.76. The minimum atomic E-state index is -0.645. The third kappa shape index (κ3) is 8.25. The van der Waals surface area contributed by atoms with Crippen LogP contribution in [0.1, 0.15) is 38.3 Å². The summed E-state index contributed by atoms with van der Waals surface area (Å²) in [7, 11) is 0. The molecule has 0 aliphatic rings. The number of halogens is 4. The monoisotopic (exact) mass is 548 g/mol. The molecule has 0 saturated carbocycles. The molecule has 0 spiro atoms. The summed E-state index contributed by atoms with van der Waals surface area (Å²) in [5.74, 6) is 0.538. The molecule has 180 valence electrons. The predicted molar refractivity (Wildman–Crippen MR) is 142 cm³/mol. The summed E-state index contributed by atoms with van der Waals surface area (Å²) in [5.41, 5.74) is 1.39. The number of nitrogens with one attached hydrogen (secondary N) is 1. The first kappa shape index (κ1) is 28.1. The number of hydrogen-bond donors (Lipinski definition) is 1. The van der Waals surface area contributed by atoms with E-state index >= 15 is 0 Å². The van der Waals surface area contributed by atoms with Crippen LogP contribution >= 0.6 is 58.2 Å². The molecule has 1 atom stereocenters. The van der Waals surface area contributed by atoms with Gasteiger partial charge in [0.15, 0.2) is 0 Å². The Morgan fingerprint density at radius 1 is 0.939 bits per heavy atom. The predicted octanol–water partition coefficient (Wildman–Crippen LogP) is 7.11. The van der Waals surface area contributed by atoms with Crippen LogP contribution in [0.5, 0.6) is 0 Å². The van der Waals surface area contributed by atoms with Crippen molar-refractivity contribution < 1.29 is 9.59 Å². The van der Waals surface area contributed by atoms with Crippen molar-refractivity contribution >= 4 is 70.0 Å². The van der Waals surface area contributed by atoms with Crippen molar-refractivity contribution in [2.24, 2.45) is 5.92 Å². The number of thioether (sulfide) groups is 1. The third-order valence-electron chi connectivity index (χ3n) is 4.99. The van der Waals surface area contributed by atoms with Crippen molar-refractivity contribution in [3.63, 3.8) is 0 Å². The van der Waals surface area contributed by atoms with Gasteiger partial charge in [-0.25, -0.2) is 0 Å². The lowest BCUT2D eigenvalue weighted by Gasteiger charge is -2.31. The highest BCUT2D eigenvalue weighted by Gasteiger charge is 2.29. The Bertz CT molecular complexity index is 931. The molecule has 9 heteroatoms. The molecular formula is C24H28Cl4N2O2S. The molecule has 33 heavy (non-hydrogen) atoms. The zero-order valence-corrected chi connectivity index (χ0v) is 22.7. The van der Waals surface area contributed by atoms with Gasteiger partial charge >= 0.3 is 0 Å². The second-order valence-corrected chi connectivity index (χ2v) is 10.6. The van der Waals surface area contributed by atoms with Crippen LogP contribution < -0.4 is 5.32 Å². The molecule has 0 unspecified atom stereocenters. The van der Waals surface area contributed by atoms with E-state index in [2.05, 4.69) is 5.32 Å². The van der Waals surface area contributed by atoms with Gasteiger partial charge < -0.3 is 10.2 Å². The molecule has 0 aromatic heterocycles. The van der Waals surface area contributed by atoms with Crippen LogP contribution in [0.25, 0.3) is 0 Å². The quantitative estimate of drug-likeness (QED) is 0.325. The molecule has 2 aromatic rings. The fourth-order valence-electron chi connectivity index (χ4n) is 3.19. The first-order valence-corrected chi connectivity index (χ1v) is 13.3. The molecule has 0 aliphatic carbocycles. The van der Waals surface area contributed by atoms with Gasteiger partial charge in [0, 0.05) is 44.5 Å². The van der Waals surface area contributed by atoms with Gasteiger partial charge in [-0.15, -0.1) is 11.8 Å². The van der Waals surface area contributed by atoms with Crippen LogP contribution in [-0.2, 0) is 21.9 Å². The highest BCUT2D eigenvalue weighted by Crippen LogP contribution is 2.30. The largest absolute Gasteiger partial charge is 0.354 e. The molecule has 0 aliphatic heterocycles. The second kappa shape index (κ2) is 13.7. The maximum absolute atomic E-state index is 13.3. The number of rotatable bonds is 11. The number of carbonyl (C=O) groups is 2. The Morgan fingerprint density at radius 3 is 1.94 bits per heavy atom. The topological polar surface area (TPSA) is 49.4 Å². The number of nitrogens with zero attached hydrogens (tertiary/aromatic N) is 1. The molecule has 0 radical (unpaired) electrons. The number of hydrogen-bond acceptors (Lipinski definition) is 3. The van der Waals surface area contributed by atoms with Crippen molar-refractivity contribution in [3.8, 4) is 0 Å². The van der Waals surface area contributed by atoms with Crippen molar-refractivity contribution in [1.29, 1.82) is 0 Å². The zero-order valence-electron chi connectivity index (χ0n) is 18.8. The first-order valence-electron chi connectivity index (χ1n) is 10.7. The highest BCUT2D eigenvalue weighted by atomic mass is 35.5. The average molecular weight is 550 g/mol. The van der Waals surface area contributed by atoms with Crippen molar-refractivity contribution in [2.75, 3.05) is 12.3 Å². The van der Waals surface area contributed by atoms with Gasteiger partial charge in [0.25, 0.3) is 0 Å². The number of carbonyl (C=O) groups excluding carboxylic acids is 2. The van der Waals surface area contributed by atoms with Gasteiger partial charge in [-0.3, -0.25) is 9.59 Å². The van der Waals surface area contributed by atoms with E-state index in [0.717, 1.165) is 5.56 Å². The van der Waals surface area contributed by atoms with E-state index in [9.17, 15) is 9.59 Å². The van der Waals surface area contributed by atoms with E-state index in [1.165, 1.54) is 11.8 Å². The molecular weight excluding hydrogens is 522 g/mol. The molecule has 2 rings (SSSR count). The van der Waals surface area contributed by atoms with Gasteiger partial charge in [0.05, 0.1) is 5.75 Å². The summed E-state index contributed by atoms with van der Waals surface area (Å²) in [5, 5.41) is 4.96. The van der Waals surface area contributed by atoms with Crippen molar-refractivity contribution in [1.82, 2.24) is 10.2 Å². The van der Waals surface area contributed by atoms with Crippen LogP contribution in [0, 0.1) is 5.92 Å². The molecule has 0 bridgehead atoms. The van der Waals surface area contributed by atoms with Crippen LogP contribution in [0.2, 0.25) is 20.1 Å². The lowest BCUT2D eigenvalue weighted by Crippen LogP contribution is -2.50. The molecule has 0 fully saturated rings. The minimum Gasteiger partial charge on any atom is -0.354 e. The summed E-state index contributed by atoms with van der Waals surface area (Å²) in [6.07, 6.45) is 0.457.